The second-order valence-corrected chi connectivity index (χ2v) is 5.72. The number of hydrogen-bond acceptors (Lipinski definition) is 4. The fourth-order valence-corrected chi connectivity index (χ4v) is 2.94. The lowest BCUT2D eigenvalue weighted by molar-refractivity contribution is -0.144. The summed E-state index contributed by atoms with van der Waals surface area (Å²) in [5.74, 6) is 0.0345. The second kappa shape index (κ2) is 5.92. The average molecular weight is 304 g/mol. The van der Waals surface area contributed by atoms with Gasteiger partial charge in [-0.15, -0.1) is 5.10 Å². The van der Waals surface area contributed by atoms with Crippen molar-refractivity contribution < 1.29 is 9.53 Å². The van der Waals surface area contributed by atoms with Gasteiger partial charge >= 0.3 is 5.69 Å². The predicted octanol–water partition coefficient (Wildman–Crippen LogP) is 0.522. The monoisotopic (exact) mass is 304 g/mol. The van der Waals surface area contributed by atoms with Gasteiger partial charge < -0.3 is 9.64 Å². The zero-order chi connectivity index (χ0) is 15.7. The van der Waals surface area contributed by atoms with Gasteiger partial charge in [0.25, 0.3) is 0 Å². The maximum Gasteiger partial charge on any atom is 0.350 e. The molecule has 1 aliphatic rings. The number of nitrogens with zero attached hydrogens (tertiary/aromatic N) is 4. The molecule has 0 bridgehead atoms. The number of rotatable bonds is 3. The minimum absolute atomic E-state index is 0.0345. The van der Waals surface area contributed by atoms with Crippen LogP contribution in [0.2, 0.25) is 0 Å². The Morgan fingerprint density at radius 1 is 1.32 bits per heavy atom. The Morgan fingerprint density at radius 3 is 2.73 bits per heavy atom. The van der Waals surface area contributed by atoms with E-state index >= 15 is 0 Å². The molecule has 118 valence electrons. The maximum absolute atomic E-state index is 12.4. The van der Waals surface area contributed by atoms with Gasteiger partial charge in [-0.2, -0.15) is 0 Å². The molecule has 22 heavy (non-hydrogen) atoms. The Morgan fingerprint density at radius 2 is 2.05 bits per heavy atom. The molecule has 1 fully saturated rings. The SMILES string of the molecule is C[C@@H]1COC[C@H](C)N1C(=O)CCn1nc2ccccn2c1=O. The lowest BCUT2D eigenvalue weighted by Gasteiger charge is -2.38. The van der Waals surface area contributed by atoms with Gasteiger partial charge in [-0.1, -0.05) is 6.07 Å². The zero-order valence-electron chi connectivity index (χ0n) is 12.8. The van der Waals surface area contributed by atoms with Gasteiger partial charge in [0.15, 0.2) is 5.65 Å². The minimum atomic E-state index is -0.216. The van der Waals surface area contributed by atoms with Crippen molar-refractivity contribution >= 4 is 11.6 Å². The number of carbonyl (C=O) groups is 1. The van der Waals surface area contributed by atoms with E-state index in [9.17, 15) is 9.59 Å². The summed E-state index contributed by atoms with van der Waals surface area (Å²) in [6.07, 6.45) is 1.94. The van der Waals surface area contributed by atoms with Crippen molar-refractivity contribution in [2.45, 2.75) is 38.9 Å². The minimum Gasteiger partial charge on any atom is -0.377 e. The molecule has 1 amide bonds. The molecule has 0 spiro atoms. The zero-order valence-corrected chi connectivity index (χ0v) is 12.8. The van der Waals surface area contributed by atoms with Crippen molar-refractivity contribution in [1.82, 2.24) is 19.1 Å². The fourth-order valence-electron chi connectivity index (χ4n) is 2.94. The van der Waals surface area contributed by atoms with Crippen molar-refractivity contribution in [3.63, 3.8) is 0 Å². The molecule has 1 aliphatic heterocycles. The summed E-state index contributed by atoms with van der Waals surface area (Å²) >= 11 is 0. The van der Waals surface area contributed by atoms with Gasteiger partial charge in [-0.05, 0) is 26.0 Å². The summed E-state index contributed by atoms with van der Waals surface area (Å²) in [6.45, 7) is 5.36. The highest BCUT2D eigenvalue weighted by atomic mass is 16.5. The van der Waals surface area contributed by atoms with Crippen LogP contribution in [0.15, 0.2) is 29.2 Å². The molecule has 0 saturated carbocycles. The smallest absolute Gasteiger partial charge is 0.350 e. The third-order valence-corrected chi connectivity index (χ3v) is 3.98. The highest BCUT2D eigenvalue weighted by Crippen LogP contribution is 2.14. The predicted molar refractivity (Wildman–Crippen MR) is 80.7 cm³/mol. The number of carbonyl (C=O) groups excluding carboxylic acids is 1. The van der Waals surface area contributed by atoms with Gasteiger partial charge in [-0.3, -0.25) is 9.20 Å². The van der Waals surface area contributed by atoms with Crippen molar-refractivity contribution in [1.29, 1.82) is 0 Å². The van der Waals surface area contributed by atoms with Crippen molar-refractivity contribution in [3.8, 4) is 0 Å². The number of amides is 1. The highest BCUT2D eigenvalue weighted by molar-refractivity contribution is 5.76. The van der Waals surface area contributed by atoms with E-state index in [0.29, 0.717) is 18.9 Å². The largest absolute Gasteiger partial charge is 0.377 e. The number of aryl methyl sites for hydroxylation is 1. The van der Waals surface area contributed by atoms with E-state index in [4.69, 9.17) is 4.74 Å². The highest BCUT2D eigenvalue weighted by Gasteiger charge is 2.29. The summed E-state index contributed by atoms with van der Waals surface area (Å²) in [5, 5.41) is 4.24. The normalized spacial score (nSPS) is 22.2. The Kier molecular flexibility index (Phi) is 3.98. The summed E-state index contributed by atoms with van der Waals surface area (Å²) in [7, 11) is 0. The number of morpholine rings is 1. The van der Waals surface area contributed by atoms with E-state index in [1.807, 2.05) is 24.8 Å². The summed E-state index contributed by atoms with van der Waals surface area (Å²) < 4.78 is 8.26. The number of pyridine rings is 1. The van der Waals surface area contributed by atoms with E-state index < -0.39 is 0 Å². The van der Waals surface area contributed by atoms with Gasteiger partial charge in [0, 0.05) is 12.6 Å². The molecule has 0 aromatic carbocycles. The van der Waals surface area contributed by atoms with Crippen LogP contribution in [0, 0.1) is 0 Å². The first-order chi connectivity index (χ1) is 10.6. The Labute approximate surface area is 128 Å². The van der Waals surface area contributed by atoms with Crippen molar-refractivity contribution in [2.24, 2.45) is 0 Å². The topological polar surface area (TPSA) is 68.8 Å². The van der Waals surface area contributed by atoms with Crippen LogP contribution in [-0.2, 0) is 16.1 Å². The third-order valence-electron chi connectivity index (χ3n) is 3.98. The number of hydrogen-bond donors (Lipinski definition) is 0. The molecular weight excluding hydrogens is 284 g/mol. The summed E-state index contributed by atoms with van der Waals surface area (Å²) in [5.41, 5.74) is 0.375. The molecule has 0 radical (unpaired) electrons. The first-order valence-corrected chi connectivity index (χ1v) is 7.51. The Hall–Kier alpha value is -2.15. The number of aromatic nitrogens is 3. The van der Waals surface area contributed by atoms with Crippen molar-refractivity contribution in [3.05, 3.63) is 34.9 Å². The maximum atomic E-state index is 12.4. The van der Waals surface area contributed by atoms with E-state index in [2.05, 4.69) is 5.10 Å². The molecule has 2 atom stereocenters. The first kappa shape index (κ1) is 14.8. The molecule has 3 rings (SSSR count). The van der Waals surface area contributed by atoms with E-state index in [-0.39, 0.29) is 36.6 Å². The Balaban J connectivity index is 1.72. The number of ether oxygens (including phenoxy) is 1. The van der Waals surface area contributed by atoms with Gasteiger partial charge in [-0.25, -0.2) is 9.48 Å². The van der Waals surface area contributed by atoms with Gasteiger partial charge in [0.2, 0.25) is 5.91 Å². The van der Waals surface area contributed by atoms with E-state index in [1.54, 1.807) is 18.3 Å². The van der Waals surface area contributed by atoms with Crippen LogP contribution in [0.5, 0.6) is 0 Å². The van der Waals surface area contributed by atoms with Crippen LogP contribution in [0.1, 0.15) is 20.3 Å². The lowest BCUT2D eigenvalue weighted by Crippen LogP contribution is -2.52. The molecule has 3 heterocycles. The van der Waals surface area contributed by atoms with Crippen molar-refractivity contribution in [2.75, 3.05) is 13.2 Å². The molecular formula is C15H20N4O3. The van der Waals surface area contributed by atoms with Gasteiger partial charge in [0.05, 0.1) is 31.8 Å². The first-order valence-electron chi connectivity index (χ1n) is 7.51. The second-order valence-electron chi connectivity index (χ2n) is 5.72. The van der Waals surface area contributed by atoms with Gasteiger partial charge in [0.1, 0.15) is 0 Å². The summed E-state index contributed by atoms with van der Waals surface area (Å²) in [4.78, 5) is 26.5. The van der Waals surface area contributed by atoms with Crippen LogP contribution in [-0.4, -0.2) is 50.3 Å². The molecule has 1 saturated heterocycles. The van der Waals surface area contributed by atoms with Crippen LogP contribution in [0.3, 0.4) is 0 Å². The number of fused-ring (bicyclic) bond motifs is 1. The van der Waals surface area contributed by atoms with Crippen LogP contribution in [0.25, 0.3) is 5.65 Å². The average Bonchev–Trinajstić information content (AvgIpc) is 2.82. The van der Waals surface area contributed by atoms with E-state index in [1.165, 1.54) is 9.08 Å². The molecule has 2 aromatic heterocycles. The fraction of sp³-hybridized carbons (Fsp3) is 0.533. The molecule has 0 N–H and O–H groups in total. The third kappa shape index (κ3) is 2.64. The van der Waals surface area contributed by atoms with Crippen LogP contribution >= 0.6 is 0 Å². The van der Waals surface area contributed by atoms with E-state index in [0.717, 1.165) is 0 Å². The molecule has 2 aromatic rings. The van der Waals surface area contributed by atoms with Crippen LogP contribution in [0.4, 0.5) is 0 Å². The Bertz CT molecular complexity index is 726. The molecule has 7 nitrogen and oxygen atoms in total. The quantitative estimate of drug-likeness (QED) is 0.829. The summed E-state index contributed by atoms with van der Waals surface area (Å²) in [6, 6.07) is 5.51. The lowest BCUT2D eigenvalue weighted by atomic mass is 10.1. The molecule has 7 heteroatoms. The standard InChI is InChI=1S/C15H20N4O3/c1-11-9-22-10-12(2)19(11)14(20)6-8-18-15(21)17-7-4-3-5-13(17)16-18/h3-5,7,11-12H,6,8-10H2,1-2H3/t11-,12+. The van der Waals surface area contributed by atoms with Crippen LogP contribution < -0.4 is 5.69 Å². The molecule has 0 unspecified atom stereocenters. The molecule has 0 aliphatic carbocycles.